The number of halogens is 3. The van der Waals surface area contributed by atoms with E-state index in [-0.39, 0.29) is 30.2 Å². The zero-order valence-electron chi connectivity index (χ0n) is 13.9. The molecule has 3 rings (SSSR count). The van der Waals surface area contributed by atoms with Crippen molar-refractivity contribution in [1.29, 1.82) is 0 Å². The summed E-state index contributed by atoms with van der Waals surface area (Å²) in [5.41, 5.74) is -0.857. The number of rotatable bonds is 2. The second-order valence-corrected chi connectivity index (χ2v) is 7.12. The summed E-state index contributed by atoms with van der Waals surface area (Å²) < 4.78 is 46.3. The summed E-state index contributed by atoms with van der Waals surface area (Å²) in [4.78, 5) is 12.2. The van der Waals surface area contributed by atoms with Crippen molar-refractivity contribution in [2.45, 2.75) is 58.8 Å². The summed E-state index contributed by atoms with van der Waals surface area (Å²) in [5.74, 6) is -0.702. The van der Waals surface area contributed by atoms with Crippen LogP contribution in [-0.4, -0.2) is 40.4 Å². The third kappa shape index (κ3) is 1.82. The zero-order chi connectivity index (χ0) is 17.4. The van der Waals surface area contributed by atoms with Crippen LogP contribution in [0, 0.1) is 5.41 Å². The summed E-state index contributed by atoms with van der Waals surface area (Å²) in [7, 11) is 0. The molecule has 0 N–H and O–H groups in total. The number of carbonyl (C=O) groups is 1. The number of alkyl halides is 3. The highest BCUT2D eigenvalue weighted by atomic mass is 19.4. The van der Waals surface area contributed by atoms with Gasteiger partial charge >= 0.3 is 12.1 Å². The summed E-state index contributed by atoms with van der Waals surface area (Å²) in [6, 6.07) is -0.291. The smallest absolute Gasteiger partial charge is 0.413 e. The fourth-order valence-corrected chi connectivity index (χ4v) is 3.80. The number of hydrazine groups is 1. The molecule has 0 aliphatic carbocycles. The minimum atomic E-state index is -4.46. The third-order valence-electron chi connectivity index (χ3n) is 5.51. The number of ether oxygens (including phenoxy) is 1. The average Bonchev–Trinajstić information content (AvgIpc) is 3.00. The number of esters is 1. The predicted octanol–water partition coefficient (Wildman–Crippen LogP) is 3.37. The summed E-state index contributed by atoms with van der Waals surface area (Å²) in [6.07, 6.45) is -2.99. The molecule has 3 aliphatic heterocycles. The lowest BCUT2D eigenvalue weighted by molar-refractivity contribution is -0.233. The molecule has 0 unspecified atom stereocenters. The van der Waals surface area contributed by atoms with E-state index in [0.717, 1.165) is 17.5 Å². The molecular weight excluding hydrogens is 309 g/mol. The van der Waals surface area contributed by atoms with Gasteiger partial charge in [-0.25, -0.2) is 4.79 Å². The van der Waals surface area contributed by atoms with Crippen LogP contribution < -0.4 is 0 Å². The highest BCUT2D eigenvalue weighted by Gasteiger charge is 2.68. The Labute approximate surface area is 133 Å². The quantitative estimate of drug-likeness (QED) is 0.727. The van der Waals surface area contributed by atoms with Crippen molar-refractivity contribution in [2.24, 2.45) is 5.41 Å². The molecule has 0 spiro atoms. The van der Waals surface area contributed by atoms with E-state index in [9.17, 15) is 18.0 Å². The Hall–Kier alpha value is -1.66. The Morgan fingerprint density at radius 1 is 1.39 bits per heavy atom. The maximum atomic E-state index is 13.8. The van der Waals surface area contributed by atoms with E-state index in [1.165, 1.54) is 0 Å². The maximum Gasteiger partial charge on any atom is 0.413 e. The molecule has 1 fully saturated rings. The minimum Gasteiger partial charge on any atom is -0.461 e. The molecule has 4 nitrogen and oxygen atoms in total. The third-order valence-corrected chi connectivity index (χ3v) is 5.51. The normalized spacial score (nSPS) is 31.7. The van der Waals surface area contributed by atoms with Crippen molar-refractivity contribution in [3.63, 3.8) is 0 Å². The number of hydrogen-bond donors (Lipinski definition) is 0. The second-order valence-electron chi connectivity index (χ2n) is 7.12. The Morgan fingerprint density at radius 3 is 2.52 bits per heavy atom. The fraction of sp³-hybridized carbons (Fsp3) is 0.688. The lowest BCUT2D eigenvalue weighted by atomic mass is 9.79. The minimum absolute atomic E-state index is 0.00718. The second kappa shape index (κ2) is 4.45. The number of carbonyl (C=O) groups excluding carboxylic acids is 1. The molecule has 0 radical (unpaired) electrons. The first-order valence-corrected chi connectivity index (χ1v) is 7.72. The molecule has 3 aliphatic rings. The van der Waals surface area contributed by atoms with Gasteiger partial charge in [0.1, 0.15) is 5.70 Å². The molecule has 0 saturated carbocycles. The Bertz CT molecular complexity index is 636. The van der Waals surface area contributed by atoms with Crippen LogP contribution in [0.2, 0.25) is 0 Å². The molecule has 128 valence electrons. The molecule has 1 saturated heterocycles. The van der Waals surface area contributed by atoms with Crippen LogP contribution >= 0.6 is 0 Å². The van der Waals surface area contributed by atoms with Gasteiger partial charge in [-0.3, -0.25) is 10.0 Å². The van der Waals surface area contributed by atoms with Crippen LogP contribution in [0.3, 0.4) is 0 Å². The number of hydrogen-bond acceptors (Lipinski definition) is 4. The van der Waals surface area contributed by atoms with Crippen LogP contribution in [0.25, 0.3) is 0 Å². The molecular formula is C16H21F3N2O2. The van der Waals surface area contributed by atoms with Crippen molar-refractivity contribution in [3.8, 4) is 0 Å². The predicted molar refractivity (Wildman–Crippen MR) is 77.7 cm³/mol. The standard InChI is InChI=1S/C16H21F3N2O2/c1-6-23-13(22)10-7-12-14(3,4)9(2)11-8-15(5,16(17,18)19)21(10)20(11)12/h7,12H,6,8H2,1-5H3/t12-,15+/m1/s1. The molecule has 0 aromatic carbocycles. The van der Waals surface area contributed by atoms with Gasteiger partial charge < -0.3 is 4.74 Å². The van der Waals surface area contributed by atoms with Gasteiger partial charge in [0.05, 0.1) is 12.6 Å². The molecule has 0 amide bonds. The van der Waals surface area contributed by atoms with Gasteiger partial charge in [-0.15, -0.1) is 0 Å². The van der Waals surface area contributed by atoms with Crippen LogP contribution in [0.1, 0.15) is 41.0 Å². The van der Waals surface area contributed by atoms with Gasteiger partial charge in [-0.2, -0.15) is 13.2 Å². The van der Waals surface area contributed by atoms with Crippen molar-refractivity contribution in [3.05, 3.63) is 23.0 Å². The molecule has 0 aromatic rings. The molecule has 2 atom stereocenters. The van der Waals surface area contributed by atoms with E-state index in [2.05, 4.69) is 0 Å². The Kier molecular flexibility index (Phi) is 3.14. The lowest BCUT2D eigenvalue weighted by Gasteiger charge is -2.41. The van der Waals surface area contributed by atoms with Crippen molar-refractivity contribution in [1.82, 2.24) is 10.0 Å². The van der Waals surface area contributed by atoms with Crippen molar-refractivity contribution >= 4 is 5.97 Å². The first kappa shape index (κ1) is 16.2. The molecule has 7 heteroatoms. The molecule has 0 aromatic heterocycles. The zero-order valence-corrected chi connectivity index (χ0v) is 13.9. The first-order valence-electron chi connectivity index (χ1n) is 7.72. The monoisotopic (exact) mass is 330 g/mol. The van der Waals surface area contributed by atoms with E-state index in [1.54, 1.807) is 18.0 Å². The van der Waals surface area contributed by atoms with Crippen molar-refractivity contribution in [2.75, 3.05) is 6.61 Å². The SMILES string of the molecule is CCOC(=O)C1=C[C@H]2N3C(=C(C)C2(C)C)C[C@@](C)(C(F)(F)F)N13. The van der Waals surface area contributed by atoms with E-state index in [0.29, 0.717) is 5.70 Å². The highest BCUT2D eigenvalue weighted by molar-refractivity contribution is 5.89. The first-order chi connectivity index (χ1) is 10.5. The van der Waals surface area contributed by atoms with E-state index in [1.807, 2.05) is 20.8 Å². The van der Waals surface area contributed by atoms with Gasteiger partial charge in [0.25, 0.3) is 0 Å². The van der Waals surface area contributed by atoms with Gasteiger partial charge in [0, 0.05) is 17.5 Å². The van der Waals surface area contributed by atoms with Gasteiger partial charge in [0.15, 0.2) is 5.54 Å². The van der Waals surface area contributed by atoms with Crippen LogP contribution in [0.5, 0.6) is 0 Å². The summed E-state index contributed by atoms with van der Waals surface area (Å²) >= 11 is 0. The summed E-state index contributed by atoms with van der Waals surface area (Å²) in [6.45, 7) is 8.78. The maximum absolute atomic E-state index is 13.8. The van der Waals surface area contributed by atoms with E-state index < -0.39 is 17.7 Å². The number of nitrogens with zero attached hydrogens (tertiary/aromatic N) is 2. The van der Waals surface area contributed by atoms with Gasteiger partial charge in [-0.1, -0.05) is 13.8 Å². The topological polar surface area (TPSA) is 32.8 Å². The Balaban J connectivity index is 2.16. The largest absolute Gasteiger partial charge is 0.461 e. The highest BCUT2D eigenvalue weighted by Crippen LogP contribution is 2.60. The molecule has 0 bridgehead atoms. The van der Waals surface area contributed by atoms with Crippen LogP contribution in [-0.2, 0) is 9.53 Å². The van der Waals surface area contributed by atoms with Crippen LogP contribution in [0.15, 0.2) is 23.0 Å². The fourth-order valence-electron chi connectivity index (χ4n) is 3.80. The van der Waals surface area contributed by atoms with Crippen LogP contribution in [0.4, 0.5) is 13.2 Å². The lowest BCUT2D eigenvalue weighted by Crippen LogP contribution is -2.56. The summed E-state index contributed by atoms with van der Waals surface area (Å²) in [5, 5.41) is 2.76. The van der Waals surface area contributed by atoms with Crippen molar-refractivity contribution < 1.29 is 22.7 Å². The van der Waals surface area contributed by atoms with Gasteiger partial charge in [0.2, 0.25) is 0 Å². The molecule has 23 heavy (non-hydrogen) atoms. The van der Waals surface area contributed by atoms with E-state index >= 15 is 0 Å². The van der Waals surface area contributed by atoms with Gasteiger partial charge in [-0.05, 0) is 32.4 Å². The Morgan fingerprint density at radius 2 is 2.00 bits per heavy atom. The molecule has 3 heterocycles. The van der Waals surface area contributed by atoms with E-state index in [4.69, 9.17) is 4.74 Å². The average molecular weight is 330 g/mol.